The number of aliphatic hydroxyl groups is 1. The van der Waals surface area contributed by atoms with Gasteiger partial charge in [-0.25, -0.2) is 9.36 Å². The number of aromatic nitrogens is 2. The summed E-state index contributed by atoms with van der Waals surface area (Å²) in [6, 6.07) is 0. The topological polar surface area (TPSA) is 151 Å². The highest BCUT2D eigenvalue weighted by molar-refractivity contribution is 7.46. The Morgan fingerprint density at radius 2 is 2.19 bits per heavy atom. The summed E-state index contributed by atoms with van der Waals surface area (Å²) in [5, 5.41) is 9.79. The predicted molar refractivity (Wildman–Crippen MR) is 68.6 cm³/mol. The van der Waals surface area contributed by atoms with Crippen LogP contribution in [0.15, 0.2) is 15.8 Å². The number of nitrogens with zero attached hydrogens (tertiary/aromatic N) is 1. The van der Waals surface area contributed by atoms with E-state index in [0.29, 0.717) is 5.56 Å². The Balaban J connectivity index is 2.14. The molecule has 0 aliphatic carbocycles. The Bertz CT molecular complexity index is 676. The van der Waals surface area contributed by atoms with E-state index in [2.05, 4.69) is 9.51 Å². The Labute approximate surface area is 118 Å². The third-order valence-corrected chi connectivity index (χ3v) is 3.55. The van der Waals surface area contributed by atoms with Crippen LogP contribution in [0.2, 0.25) is 0 Å². The maximum Gasteiger partial charge on any atom is 0.469 e. The van der Waals surface area contributed by atoms with Crippen molar-refractivity contribution in [1.82, 2.24) is 9.55 Å². The van der Waals surface area contributed by atoms with E-state index >= 15 is 0 Å². The van der Waals surface area contributed by atoms with Gasteiger partial charge in [-0.1, -0.05) is 0 Å². The van der Waals surface area contributed by atoms with Crippen LogP contribution < -0.4 is 11.2 Å². The number of ether oxygens (including phenoxy) is 1. The predicted octanol–water partition coefficient (Wildman–Crippen LogP) is -1.40. The first-order valence-electron chi connectivity index (χ1n) is 6.03. The molecule has 1 aromatic heterocycles. The summed E-state index contributed by atoms with van der Waals surface area (Å²) in [5.74, 6) is 0. The second kappa shape index (κ2) is 5.84. The zero-order valence-electron chi connectivity index (χ0n) is 11.0. The fourth-order valence-electron chi connectivity index (χ4n) is 2.01. The number of aromatic amines is 1. The zero-order valence-corrected chi connectivity index (χ0v) is 11.9. The first-order chi connectivity index (χ1) is 9.67. The molecule has 10 nitrogen and oxygen atoms in total. The Morgan fingerprint density at radius 1 is 1.52 bits per heavy atom. The zero-order chi connectivity index (χ0) is 15.8. The lowest BCUT2D eigenvalue weighted by atomic mass is 10.2. The number of H-pyrrole nitrogens is 1. The number of hydrogen-bond acceptors (Lipinski definition) is 6. The van der Waals surface area contributed by atoms with E-state index in [1.807, 2.05) is 0 Å². The van der Waals surface area contributed by atoms with Gasteiger partial charge in [0.2, 0.25) is 0 Å². The molecule has 0 saturated carbocycles. The molecule has 2 heterocycles. The Morgan fingerprint density at radius 3 is 2.81 bits per heavy atom. The summed E-state index contributed by atoms with van der Waals surface area (Å²) in [7, 11) is -4.67. The normalized spacial score (nSPS) is 26.2. The molecular formula is C10H15N2O8P. The van der Waals surface area contributed by atoms with Crippen LogP contribution in [0.4, 0.5) is 0 Å². The molecule has 1 saturated heterocycles. The van der Waals surface area contributed by atoms with Crippen molar-refractivity contribution in [2.75, 3.05) is 6.61 Å². The van der Waals surface area contributed by atoms with Crippen molar-refractivity contribution in [3.05, 3.63) is 32.6 Å². The van der Waals surface area contributed by atoms with E-state index in [1.165, 1.54) is 13.1 Å². The third kappa shape index (κ3) is 3.88. The van der Waals surface area contributed by atoms with E-state index in [0.717, 1.165) is 4.57 Å². The van der Waals surface area contributed by atoms with Crippen molar-refractivity contribution in [1.29, 1.82) is 0 Å². The van der Waals surface area contributed by atoms with Crippen LogP contribution in [0.5, 0.6) is 0 Å². The molecule has 0 spiro atoms. The number of aryl methyl sites for hydroxylation is 1. The molecule has 0 amide bonds. The summed E-state index contributed by atoms with van der Waals surface area (Å²) in [5.41, 5.74) is -0.918. The van der Waals surface area contributed by atoms with Crippen LogP contribution in [0.1, 0.15) is 18.2 Å². The average Bonchev–Trinajstić information content (AvgIpc) is 2.72. The molecule has 1 aromatic rings. The van der Waals surface area contributed by atoms with Gasteiger partial charge in [0, 0.05) is 18.2 Å². The molecule has 21 heavy (non-hydrogen) atoms. The molecule has 0 unspecified atom stereocenters. The molecule has 1 fully saturated rings. The fourth-order valence-corrected chi connectivity index (χ4v) is 2.35. The average molecular weight is 322 g/mol. The minimum atomic E-state index is -4.67. The second-order valence-electron chi connectivity index (χ2n) is 4.70. The van der Waals surface area contributed by atoms with Crippen molar-refractivity contribution in [3.63, 3.8) is 0 Å². The van der Waals surface area contributed by atoms with Crippen LogP contribution in [0.3, 0.4) is 0 Å². The summed E-state index contributed by atoms with van der Waals surface area (Å²) in [6.45, 7) is 0.994. The summed E-state index contributed by atoms with van der Waals surface area (Å²) in [6.07, 6.45) is -1.57. The number of nitrogens with one attached hydrogen (secondary N) is 1. The van der Waals surface area contributed by atoms with Crippen molar-refractivity contribution in [3.8, 4) is 0 Å². The minimum absolute atomic E-state index is 0.0283. The lowest BCUT2D eigenvalue weighted by molar-refractivity contribution is -0.0451. The van der Waals surface area contributed by atoms with Crippen LogP contribution >= 0.6 is 7.82 Å². The van der Waals surface area contributed by atoms with Crippen molar-refractivity contribution in [2.45, 2.75) is 31.8 Å². The minimum Gasteiger partial charge on any atom is -0.390 e. The van der Waals surface area contributed by atoms with Gasteiger partial charge in [0.05, 0.1) is 12.7 Å². The van der Waals surface area contributed by atoms with Gasteiger partial charge in [0.25, 0.3) is 5.56 Å². The van der Waals surface area contributed by atoms with Crippen molar-refractivity contribution >= 4 is 7.82 Å². The summed E-state index contributed by atoms with van der Waals surface area (Å²) in [4.78, 5) is 42.3. The molecule has 4 N–H and O–H groups in total. The fraction of sp³-hybridized carbons (Fsp3) is 0.600. The van der Waals surface area contributed by atoms with E-state index in [4.69, 9.17) is 14.5 Å². The smallest absolute Gasteiger partial charge is 0.390 e. The molecule has 0 bridgehead atoms. The van der Waals surface area contributed by atoms with Crippen LogP contribution in [-0.4, -0.2) is 43.3 Å². The molecule has 0 aromatic carbocycles. The summed E-state index contributed by atoms with van der Waals surface area (Å²) >= 11 is 0. The summed E-state index contributed by atoms with van der Waals surface area (Å²) < 4.78 is 21.4. The van der Waals surface area contributed by atoms with Gasteiger partial charge in [-0.3, -0.25) is 18.9 Å². The van der Waals surface area contributed by atoms with Gasteiger partial charge >= 0.3 is 13.5 Å². The first-order valence-corrected chi connectivity index (χ1v) is 7.56. The van der Waals surface area contributed by atoms with E-state index in [-0.39, 0.29) is 6.42 Å². The lowest BCUT2D eigenvalue weighted by Crippen LogP contribution is -2.33. The SMILES string of the molecule is Cc1cn([C@H]2C[C@@H](O)[C@@H](COP(=O)(O)O)O2)c(=O)[nH]c1=O. The monoisotopic (exact) mass is 322 g/mol. The van der Waals surface area contributed by atoms with Gasteiger partial charge in [0.1, 0.15) is 12.3 Å². The molecule has 2 rings (SSSR count). The largest absolute Gasteiger partial charge is 0.469 e. The molecular weight excluding hydrogens is 307 g/mol. The first kappa shape index (κ1) is 16.1. The number of aliphatic hydroxyl groups excluding tert-OH is 1. The molecule has 3 atom stereocenters. The van der Waals surface area contributed by atoms with Crippen molar-refractivity contribution < 1.29 is 28.7 Å². The van der Waals surface area contributed by atoms with Gasteiger partial charge in [-0.2, -0.15) is 0 Å². The quantitative estimate of drug-likeness (QED) is 0.494. The maximum absolute atomic E-state index is 11.7. The second-order valence-corrected chi connectivity index (χ2v) is 5.94. The standard InChI is InChI=1S/C10H15N2O8P/c1-5-3-12(10(15)11-9(5)14)8-2-6(13)7(20-8)4-19-21(16,17)18/h3,6-8,13H,2,4H2,1H3,(H,11,14,15)(H2,16,17,18)/t6-,7-,8-/m1/s1. The van der Waals surface area contributed by atoms with Crippen LogP contribution in [-0.2, 0) is 13.8 Å². The van der Waals surface area contributed by atoms with E-state index in [9.17, 15) is 19.3 Å². The van der Waals surface area contributed by atoms with E-state index in [1.54, 1.807) is 0 Å². The van der Waals surface area contributed by atoms with E-state index < -0.39 is 44.1 Å². The van der Waals surface area contributed by atoms with Gasteiger partial charge in [-0.05, 0) is 6.92 Å². The highest BCUT2D eigenvalue weighted by atomic mass is 31.2. The molecule has 118 valence electrons. The highest BCUT2D eigenvalue weighted by Crippen LogP contribution is 2.38. The molecule has 1 aliphatic heterocycles. The van der Waals surface area contributed by atoms with Crippen LogP contribution in [0.25, 0.3) is 0 Å². The van der Waals surface area contributed by atoms with Gasteiger partial charge in [0.15, 0.2) is 0 Å². The van der Waals surface area contributed by atoms with Crippen LogP contribution in [0, 0.1) is 6.92 Å². The Kier molecular flexibility index (Phi) is 4.47. The highest BCUT2D eigenvalue weighted by Gasteiger charge is 2.37. The number of phosphoric ester groups is 1. The lowest BCUT2D eigenvalue weighted by Gasteiger charge is -2.16. The molecule has 1 aliphatic rings. The number of phosphoric acid groups is 1. The Hall–Kier alpha value is -1.29. The van der Waals surface area contributed by atoms with Gasteiger partial charge < -0.3 is 19.6 Å². The molecule has 11 heteroatoms. The third-order valence-electron chi connectivity index (χ3n) is 3.07. The van der Waals surface area contributed by atoms with Gasteiger partial charge in [-0.15, -0.1) is 0 Å². The molecule has 0 radical (unpaired) electrons. The van der Waals surface area contributed by atoms with Crippen molar-refractivity contribution in [2.24, 2.45) is 0 Å². The number of rotatable bonds is 4. The number of hydrogen-bond donors (Lipinski definition) is 4. The maximum atomic E-state index is 11.7.